The first-order chi connectivity index (χ1) is 10.3. The second-order valence-electron chi connectivity index (χ2n) is 4.52. The number of carbonyl (C=O) groups is 1. The summed E-state index contributed by atoms with van der Waals surface area (Å²) in [6.07, 6.45) is 3.73. The van der Waals surface area contributed by atoms with Crippen molar-refractivity contribution in [3.8, 4) is 17.1 Å². The van der Waals surface area contributed by atoms with E-state index in [0.29, 0.717) is 18.0 Å². The van der Waals surface area contributed by atoms with Crippen LogP contribution in [0.4, 0.5) is 0 Å². The molecule has 1 aliphatic heterocycles. The standard InChI is InChI=1S/C17H15N2O2/c1-2-21-17(20)15-13-9-5-3-6-10-14(13)18-16(15)19-11-7-4-8-12-19/h3-12H,2H2,1H3/q+1. The summed E-state index contributed by atoms with van der Waals surface area (Å²) in [6.45, 7) is 2.13. The van der Waals surface area contributed by atoms with Crippen LogP contribution in [0.25, 0.3) is 17.1 Å². The molecule has 0 radical (unpaired) electrons. The van der Waals surface area contributed by atoms with Gasteiger partial charge in [0.1, 0.15) is 0 Å². The van der Waals surface area contributed by atoms with Gasteiger partial charge in [-0.25, -0.2) is 9.36 Å². The molecule has 0 fully saturated rings. The molecule has 4 nitrogen and oxygen atoms in total. The number of rotatable bonds is 3. The summed E-state index contributed by atoms with van der Waals surface area (Å²) >= 11 is 0. The molecule has 0 amide bonds. The lowest BCUT2D eigenvalue weighted by atomic mass is 10.1. The second kappa shape index (κ2) is 5.71. The summed E-state index contributed by atoms with van der Waals surface area (Å²) in [5, 5.41) is 0. The van der Waals surface area contributed by atoms with Crippen LogP contribution in [0.15, 0.2) is 60.9 Å². The molecule has 0 unspecified atom stereocenters. The van der Waals surface area contributed by atoms with E-state index >= 15 is 0 Å². The first kappa shape index (κ1) is 13.2. The molecule has 0 saturated heterocycles. The second-order valence-corrected chi connectivity index (χ2v) is 4.52. The van der Waals surface area contributed by atoms with Gasteiger partial charge in [0.2, 0.25) is 0 Å². The van der Waals surface area contributed by atoms with Gasteiger partial charge in [-0.1, -0.05) is 24.3 Å². The molecule has 1 aliphatic carbocycles. The smallest absolute Gasteiger partial charge is 0.347 e. The van der Waals surface area contributed by atoms with E-state index in [2.05, 4.69) is 4.98 Å². The Morgan fingerprint density at radius 2 is 1.81 bits per heavy atom. The van der Waals surface area contributed by atoms with Crippen molar-refractivity contribution >= 4 is 5.97 Å². The number of hydrogen-bond acceptors (Lipinski definition) is 3. The van der Waals surface area contributed by atoms with Crippen molar-refractivity contribution in [1.82, 2.24) is 4.98 Å². The molecule has 104 valence electrons. The number of fused-ring (bicyclic) bond motifs is 1. The molecule has 0 bridgehead atoms. The van der Waals surface area contributed by atoms with Gasteiger partial charge >= 0.3 is 11.8 Å². The Hall–Kier alpha value is -2.75. The maximum Gasteiger partial charge on any atom is 0.347 e. The predicted octanol–water partition coefficient (Wildman–Crippen LogP) is 2.64. The molecule has 2 aliphatic rings. The molecular formula is C17H15N2O2+. The molecule has 0 N–H and O–H groups in total. The van der Waals surface area contributed by atoms with E-state index in [9.17, 15) is 4.79 Å². The van der Waals surface area contributed by atoms with Crippen LogP contribution >= 0.6 is 0 Å². The van der Waals surface area contributed by atoms with Crippen LogP contribution in [0.5, 0.6) is 0 Å². The molecule has 1 aromatic rings. The van der Waals surface area contributed by atoms with Crippen molar-refractivity contribution in [1.29, 1.82) is 0 Å². The van der Waals surface area contributed by atoms with Crippen molar-refractivity contribution in [2.75, 3.05) is 6.61 Å². The molecule has 0 atom stereocenters. The molecule has 0 spiro atoms. The third-order valence-electron chi connectivity index (χ3n) is 3.17. The van der Waals surface area contributed by atoms with Gasteiger partial charge in [0, 0.05) is 5.56 Å². The number of hydrogen-bond donors (Lipinski definition) is 0. The van der Waals surface area contributed by atoms with E-state index in [-0.39, 0.29) is 5.97 Å². The van der Waals surface area contributed by atoms with Crippen molar-refractivity contribution in [3.05, 3.63) is 66.5 Å². The van der Waals surface area contributed by atoms with Crippen molar-refractivity contribution < 1.29 is 14.1 Å². The molecule has 2 heterocycles. The first-order valence-electron chi connectivity index (χ1n) is 6.84. The van der Waals surface area contributed by atoms with Crippen LogP contribution in [0.3, 0.4) is 0 Å². The quantitative estimate of drug-likeness (QED) is 0.547. The molecule has 0 saturated carbocycles. The summed E-state index contributed by atoms with van der Waals surface area (Å²) in [5.41, 5.74) is 2.07. The van der Waals surface area contributed by atoms with Gasteiger partial charge in [-0.3, -0.25) is 0 Å². The van der Waals surface area contributed by atoms with Gasteiger partial charge in [-0.05, 0) is 36.2 Å². The molecule has 4 heteroatoms. The van der Waals surface area contributed by atoms with E-state index in [4.69, 9.17) is 4.74 Å². The molecule has 0 aromatic carbocycles. The fourth-order valence-corrected chi connectivity index (χ4v) is 2.27. The third kappa shape index (κ3) is 2.48. The summed E-state index contributed by atoms with van der Waals surface area (Å²) < 4.78 is 7.02. The average Bonchev–Trinajstić information content (AvgIpc) is 2.72. The SMILES string of the molecule is CCOC(=O)c1c2cccccc-2nc1-[n+]1ccccc1. The molecule has 21 heavy (non-hydrogen) atoms. The zero-order chi connectivity index (χ0) is 14.7. The minimum atomic E-state index is -0.349. The Kier molecular flexibility index (Phi) is 3.60. The van der Waals surface area contributed by atoms with Crippen LogP contribution in [0.2, 0.25) is 0 Å². The Morgan fingerprint density at radius 3 is 2.57 bits per heavy atom. The Morgan fingerprint density at radius 1 is 1.10 bits per heavy atom. The number of pyridine rings is 1. The normalized spacial score (nSPS) is 10.5. The zero-order valence-electron chi connectivity index (χ0n) is 11.7. The van der Waals surface area contributed by atoms with Gasteiger partial charge in [0.05, 0.1) is 19.0 Å². The lowest BCUT2D eigenvalue weighted by Crippen LogP contribution is -2.32. The number of carbonyl (C=O) groups excluding carboxylic acids is 1. The summed E-state index contributed by atoms with van der Waals surface area (Å²) in [7, 11) is 0. The van der Waals surface area contributed by atoms with E-state index in [1.807, 2.05) is 65.5 Å². The topological polar surface area (TPSA) is 43.1 Å². The zero-order valence-corrected chi connectivity index (χ0v) is 11.7. The Bertz CT molecular complexity index is 741. The van der Waals surface area contributed by atoms with Gasteiger partial charge in [-0.15, -0.1) is 0 Å². The first-order valence-corrected chi connectivity index (χ1v) is 6.84. The highest BCUT2D eigenvalue weighted by Crippen LogP contribution is 2.28. The van der Waals surface area contributed by atoms with Crippen molar-refractivity contribution in [2.45, 2.75) is 6.92 Å². The molecule has 1 aromatic heterocycles. The third-order valence-corrected chi connectivity index (χ3v) is 3.17. The number of ether oxygens (including phenoxy) is 1. The van der Waals surface area contributed by atoms with E-state index in [1.165, 1.54) is 0 Å². The number of nitrogens with zero attached hydrogens (tertiary/aromatic N) is 2. The number of esters is 1. The lowest BCUT2D eigenvalue weighted by molar-refractivity contribution is -0.599. The van der Waals surface area contributed by atoms with Gasteiger partial charge < -0.3 is 4.74 Å². The maximum atomic E-state index is 12.3. The fourth-order valence-electron chi connectivity index (χ4n) is 2.27. The minimum absolute atomic E-state index is 0.337. The fraction of sp³-hybridized carbons (Fsp3) is 0.118. The van der Waals surface area contributed by atoms with Crippen LogP contribution in [-0.4, -0.2) is 17.6 Å². The van der Waals surface area contributed by atoms with E-state index in [1.54, 1.807) is 6.92 Å². The average molecular weight is 279 g/mol. The van der Waals surface area contributed by atoms with Gasteiger partial charge in [0.15, 0.2) is 11.3 Å². The molecule has 3 rings (SSSR count). The lowest BCUT2D eigenvalue weighted by Gasteiger charge is -2.01. The maximum absolute atomic E-state index is 12.3. The Balaban J connectivity index is 2.25. The highest BCUT2D eigenvalue weighted by molar-refractivity contribution is 6.00. The predicted molar refractivity (Wildman–Crippen MR) is 78.3 cm³/mol. The highest BCUT2D eigenvalue weighted by atomic mass is 16.5. The van der Waals surface area contributed by atoms with Gasteiger partial charge in [-0.2, -0.15) is 0 Å². The van der Waals surface area contributed by atoms with E-state index < -0.39 is 0 Å². The van der Waals surface area contributed by atoms with E-state index in [0.717, 1.165) is 11.3 Å². The van der Waals surface area contributed by atoms with Gasteiger partial charge in [0.25, 0.3) is 0 Å². The minimum Gasteiger partial charge on any atom is -0.462 e. The van der Waals surface area contributed by atoms with Crippen LogP contribution in [-0.2, 0) is 4.74 Å². The van der Waals surface area contributed by atoms with Crippen LogP contribution in [0.1, 0.15) is 17.3 Å². The van der Waals surface area contributed by atoms with Crippen molar-refractivity contribution in [2.24, 2.45) is 0 Å². The number of aromatic nitrogens is 2. The summed E-state index contributed by atoms with van der Waals surface area (Å²) in [6, 6.07) is 15.2. The van der Waals surface area contributed by atoms with Crippen LogP contribution < -0.4 is 4.57 Å². The highest BCUT2D eigenvalue weighted by Gasteiger charge is 2.32. The summed E-state index contributed by atoms with van der Waals surface area (Å²) in [5.74, 6) is 0.243. The molecular weight excluding hydrogens is 264 g/mol. The monoisotopic (exact) mass is 279 g/mol. The summed E-state index contributed by atoms with van der Waals surface area (Å²) in [4.78, 5) is 16.9. The Labute approximate surface area is 123 Å². The van der Waals surface area contributed by atoms with Crippen molar-refractivity contribution in [3.63, 3.8) is 0 Å². The van der Waals surface area contributed by atoms with Crippen LogP contribution in [0, 0.1) is 0 Å². The largest absolute Gasteiger partial charge is 0.462 e.